The van der Waals surface area contributed by atoms with E-state index >= 15 is 0 Å². The van der Waals surface area contributed by atoms with Gasteiger partial charge >= 0.3 is 6.09 Å². The molecule has 152 valence electrons. The Morgan fingerprint density at radius 2 is 1.75 bits per heavy atom. The molecule has 2 amide bonds. The predicted octanol–water partition coefficient (Wildman–Crippen LogP) is 4.08. The number of nitrogens with zero attached hydrogens (tertiary/aromatic N) is 1. The van der Waals surface area contributed by atoms with Gasteiger partial charge in [0.05, 0.1) is 22.7 Å². The van der Waals surface area contributed by atoms with Gasteiger partial charge in [-0.2, -0.15) is 0 Å². The fraction of sp³-hybridized carbons (Fsp3) is 0.476. The van der Waals surface area contributed by atoms with Crippen molar-refractivity contribution in [3.05, 3.63) is 40.2 Å². The minimum atomic E-state index is -0.591. The Balaban J connectivity index is 1.85. The highest BCUT2D eigenvalue weighted by molar-refractivity contribution is 7.09. The molecule has 1 aromatic heterocycles. The highest BCUT2D eigenvalue weighted by Gasteiger charge is 2.23. The van der Waals surface area contributed by atoms with Crippen molar-refractivity contribution in [3.63, 3.8) is 0 Å². The Morgan fingerprint density at radius 1 is 1.11 bits per heavy atom. The van der Waals surface area contributed by atoms with Crippen molar-refractivity contribution < 1.29 is 14.3 Å². The molecule has 1 heterocycles. The average molecular weight is 404 g/mol. The van der Waals surface area contributed by atoms with E-state index in [1.807, 2.05) is 50.4 Å². The van der Waals surface area contributed by atoms with Gasteiger partial charge in [-0.1, -0.05) is 24.3 Å². The van der Waals surface area contributed by atoms with E-state index in [1.165, 1.54) is 0 Å². The van der Waals surface area contributed by atoms with Crippen molar-refractivity contribution in [2.45, 2.75) is 59.1 Å². The van der Waals surface area contributed by atoms with Crippen LogP contribution in [-0.4, -0.2) is 34.7 Å². The Morgan fingerprint density at radius 3 is 2.29 bits per heavy atom. The molecule has 2 aromatic rings. The Kier molecular flexibility index (Phi) is 6.82. The summed E-state index contributed by atoms with van der Waals surface area (Å²) in [5.41, 5.74) is 1.76. The largest absolute Gasteiger partial charge is 0.444 e. The summed E-state index contributed by atoms with van der Waals surface area (Å²) in [5.74, 6) is -0.103. The molecule has 6 nitrogen and oxygen atoms in total. The molecular formula is C21H29N3O3S. The van der Waals surface area contributed by atoms with Crippen LogP contribution < -0.4 is 10.6 Å². The number of hydrogen-bond donors (Lipinski definition) is 2. The molecule has 2 rings (SSSR count). The molecule has 28 heavy (non-hydrogen) atoms. The zero-order valence-corrected chi connectivity index (χ0v) is 18.2. The lowest BCUT2D eigenvalue weighted by molar-refractivity contribution is -0.122. The second kappa shape index (κ2) is 8.73. The fourth-order valence-electron chi connectivity index (χ4n) is 2.55. The zero-order chi connectivity index (χ0) is 20.9. The van der Waals surface area contributed by atoms with Gasteiger partial charge in [0, 0.05) is 17.5 Å². The summed E-state index contributed by atoms with van der Waals surface area (Å²) in [4.78, 5) is 28.6. The van der Waals surface area contributed by atoms with Crippen LogP contribution in [-0.2, 0) is 16.0 Å². The number of aryl methyl sites for hydroxylation is 1. The summed E-state index contributed by atoms with van der Waals surface area (Å²) < 4.78 is 5.22. The molecule has 0 fully saturated rings. The van der Waals surface area contributed by atoms with Crippen molar-refractivity contribution in [2.24, 2.45) is 0 Å². The first kappa shape index (κ1) is 21.9. The molecule has 1 aromatic carbocycles. The van der Waals surface area contributed by atoms with Crippen LogP contribution in [0.1, 0.15) is 45.2 Å². The van der Waals surface area contributed by atoms with Crippen LogP contribution in [0.25, 0.3) is 11.3 Å². The molecule has 0 unspecified atom stereocenters. The first-order valence-corrected chi connectivity index (χ1v) is 10.1. The topological polar surface area (TPSA) is 80.3 Å². The van der Waals surface area contributed by atoms with Gasteiger partial charge in [-0.05, 0) is 47.1 Å². The average Bonchev–Trinajstić information content (AvgIpc) is 2.98. The van der Waals surface area contributed by atoms with Crippen molar-refractivity contribution in [3.8, 4) is 11.3 Å². The summed E-state index contributed by atoms with van der Waals surface area (Å²) in [5, 5.41) is 8.70. The molecule has 0 aliphatic heterocycles. The third kappa shape index (κ3) is 7.31. The van der Waals surface area contributed by atoms with Gasteiger partial charge < -0.3 is 15.4 Å². The molecule has 0 bridgehead atoms. The smallest absolute Gasteiger partial charge is 0.407 e. The number of hydrogen-bond acceptors (Lipinski definition) is 5. The highest BCUT2D eigenvalue weighted by Crippen LogP contribution is 2.22. The van der Waals surface area contributed by atoms with Crippen LogP contribution in [0.3, 0.4) is 0 Å². The number of nitrogens with one attached hydrogen (secondary N) is 2. The lowest BCUT2D eigenvalue weighted by Crippen LogP contribution is -2.52. The van der Waals surface area contributed by atoms with E-state index in [-0.39, 0.29) is 18.9 Å². The van der Waals surface area contributed by atoms with E-state index in [9.17, 15) is 9.59 Å². The molecule has 0 saturated carbocycles. The van der Waals surface area contributed by atoms with Crippen molar-refractivity contribution in [1.82, 2.24) is 15.6 Å². The molecule has 0 saturated heterocycles. The second-order valence-corrected chi connectivity index (χ2v) is 9.48. The minimum Gasteiger partial charge on any atom is -0.444 e. The third-order valence-corrected chi connectivity index (χ3v) is 4.56. The summed E-state index contributed by atoms with van der Waals surface area (Å²) in [6, 6.07) is 7.84. The van der Waals surface area contributed by atoms with Gasteiger partial charge in [-0.25, -0.2) is 9.78 Å². The van der Waals surface area contributed by atoms with Crippen LogP contribution in [0.2, 0.25) is 0 Å². The van der Waals surface area contributed by atoms with Crippen molar-refractivity contribution in [2.75, 3.05) is 6.54 Å². The Labute approximate surface area is 170 Å². The van der Waals surface area contributed by atoms with Crippen LogP contribution in [0.5, 0.6) is 0 Å². The molecule has 0 spiro atoms. The van der Waals surface area contributed by atoms with Crippen molar-refractivity contribution >= 4 is 23.3 Å². The number of thiazole rings is 1. The lowest BCUT2D eigenvalue weighted by Gasteiger charge is -2.28. The normalized spacial score (nSPS) is 11.8. The molecule has 0 aliphatic rings. The van der Waals surface area contributed by atoms with E-state index in [0.29, 0.717) is 0 Å². The van der Waals surface area contributed by atoms with E-state index < -0.39 is 17.2 Å². The number of amides is 2. The van der Waals surface area contributed by atoms with Gasteiger partial charge in [0.15, 0.2) is 0 Å². The molecule has 0 aliphatic carbocycles. The van der Waals surface area contributed by atoms with E-state index in [4.69, 9.17) is 4.74 Å². The maximum absolute atomic E-state index is 12.4. The number of ether oxygens (including phenoxy) is 1. The quantitative estimate of drug-likeness (QED) is 0.762. The SMILES string of the molecule is Cc1nc(-c2ccc(CC(=O)NC(C)(C)CNC(=O)OC(C)(C)C)cc2)cs1. The maximum Gasteiger partial charge on any atom is 0.407 e. The van der Waals surface area contributed by atoms with Crippen LogP contribution in [0.15, 0.2) is 29.6 Å². The number of rotatable bonds is 6. The van der Waals surface area contributed by atoms with Crippen LogP contribution >= 0.6 is 11.3 Å². The van der Waals surface area contributed by atoms with Crippen LogP contribution in [0.4, 0.5) is 4.79 Å². The summed E-state index contributed by atoms with van der Waals surface area (Å²) >= 11 is 1.62. The Hall–Kier alpha value is -2.41. The van der Waals surface area contributed by atoms with Gasteiger partial charge in [-0.3, -0.25) is 4.79 Å². The number of aromatic nitrogens is 1. The van der Waals surface area contributed by atoms with Gasteiger partial charge in [0.25, 0.3) is 0 Å². The maximum atomic E-state index is 12.4. The van der Waals surface area contributed by atoms with E-state index in [1.54, 1.807) is 32.1 Å². The first-order chi connectivity index (χ1) is 12.9. The summed E-state index contributed by atoms with van der Waals surface area (Å²) in [6.07, 6.45) is -0.227. The molecule has 7 heteroatoms. The molecule has 2 N–H and O–H groups in total. The second-order valence-electron chi connectivity index (χ2n) is 8.41. The van der Waals surface area contributed by atoms with Gasteiger partial charge in [0.2, 0.25) is 5.91 Å². The number of benzene rings is 1. The molecule has 0 radical (unpaired) electrons. The molecule has 0 atom stereocenters. The fourth-order valence-corrected chi connectivity index (χ4v) is 3.17. The van der Waals surface area contributed by atoms with Gasteiger partial charge in [0.1, 0.15) is 5.60 Å². The number of carbonyl (C=O) groups is 2. The highest BCUT2D eigenvalue weighted by atomic mass is 32.1. The van der Waals surface area contributed by atoms with E-state index in [2.05, 4.69) is 15.6 Å². The van der Waals surface area contributed by atoms with Gasteiger partial charge in [-0.15, -0.1) is 11.3 Å². The summed E-state index contributed by atoms with van der Waals surface area (Å²) in [7, 11) is 0. The predicted molar refractivity (Wildman–Crippen MR) is 112 cm³/mol. The molecular weight excluding hydrogens is 374 g/mol. The monoisotopic (exact) mass is 403 g/mol. The van der Waals surface area contributed by atoms with E-state index in [0.717, 1.165) is 21.8 Å². The van der Waals surface area contributed by atoms with Crippen LogP contribution in [0, 0.1) is 6.92 Å². The third-order valence-electron chi connectivity index (χ3n) is 3.78. The summed E-state index contributed by atoms with van der Waals surface area (Å²) in [6.45, 7) is 11.4. The van der Waals surface area contributed by atoms with Crippen molar-refractivity contribution in [1.29, 1.82) is 0 Å². The first-order valence-electron chi connectivity index (χ1n) is 9.23. The minimum absolute atomic E-state index is 0.103. The standard InChI is InChI=1S/C21H29N3O3S/c1-14-23-17(12-28-14)16-9-7-15(8-10-16)11-18(25)24-21(5,6)13-22-19(26)27-20(2,3)4/h7-10,12H,11,13H2,1-6H3,(H,22,26)(H,24,25). The zero-order valence-electron chi connectivity index (χ0n) is 17.4. The Bertz CT molecular complexity index is 820. The lowest BCUT2D eigenvalue weighted by atomic mass is 10.0. The number of alkyl carbamates (subject to hydrolysis) is 1. The number of carbonyl (C=O) groups excluding carboxylic acids is 2.